The number of H-pyrrole nitrogens is 1. The Labute approximate surface area is 182 Å². The number of rotatable bonds is 5. The predicted molar refractivity (Wildman–Crippen MR) is 113 cm³/mol. The zero-order valence-corrected chi connectivity index (χ0v) is 17.2. The van der Waals surface area contributed by atoms with Crippen LogP contribution in [0.25, 0.3) is 22.6 Å². The predicted octanol–water partition coefficient (Wildman–Crippen LogP) is 2.59. The van der Waals surface area contributed by atoms with Gasteiger partial charge in [-0.1, -0.05) is 23.4 Å². The van der Waals surface area contributed by atoms with E-state index in [1.54, 1.807) is 6.33 Å². The summed E-state index contributed by atoms with van der Waals surface area (Å²) in [6.45, 7) is 1.59. The first-order chi connectivity index (χ1) is 15.2. The number of hydrogen-bond donors (Lipinski definition) is 2. The van der Waals surface area contributed by atoms with Crippen LogP contribution in [0.4, 0.5) is 5.82 Å². The van der Waals surface area contributed by atoms with E-state index in [9.17, 15) is 4.79 Å². The molecule has 1 fully saturated rings. The summed E-state index contributed by atoms with van der Waals surface area (Å²) in [5.74, 6) is 1.49. The van der Waals surface area contributed by atoms with Crippen LogP contribution in [0.3, 0.4) is 0 Å². The molecule has 3 aromatic heterocycles. The second-order valence-electron chi connectivity index (χ2n) is 7.28. The summed E-state index contributed by atoms with van der Waals surface area (Å²) in [6, 6.07) is 9.51. The zero-order chi connectivity index (χ0) is 21.2. The standard InChI is InChI=1S/C20H19ClN8O2/c21-20-26-16-15(23-11-24-16)17(27-20)29-8-6-12(7-9-29)18(30)22-10-14-25-19(31-28-14)13-4-2-1-3-5-13/h1-5,11-12H,6-10H2,(H,22,30)(H,23,24,26,27). The van der Waals surface area contributed by atoms with Gasteiger partial charge in [-0.05, 0) is 36.6 Å². The zero-order valence-electron chi connectivity index (χ0n) is 16.5. The van der Waals surface area contributed by atoms with Crippen LogP contribution in [-0.4, -0.2) is 49.1 Å². The molecule has 5 rings (SSSR count). The number of benzene rings is 1. The van der Waals surface area contributed by atoms with Crippen LogP contribution in [0.15, 0.2) is 41.2 Å². The maximum absolute atomic E-state index is 12.6. The normalized spacial score (nSPS) is 14.8. The molecule has 158 valence electrons. The minimum atomic E-state index is -0.0914. The van der Waals surface area contributed by atoms with Crippen molar-refractivity contribution in [3.63, 3.8) is 0 Å². The molecule has 4 heterocycles. The lowest BCUT2D eigenvalue weighted by atomic mass is 9.96. The largest absolute Gasteiger partial charge is 0.355 e. The molecular weight excluding hydrogens is 420 g/mol. The number of hydrogen-bond acceptors (Lipinski definition) is 8. The number of imidazole rings is 1. The lowest BCUT2D eigenvalue weighted by molar-refractivity contribution is -0.125. The summed E-state index contributed by atoms with van der Waals surface area (Å²) in [4.78, 5) is 34.8. The van der Waals surface area contributed by atoms with Gasteiger partial charge in [0.2, 0.25) is 11.2 Å². The second-order valence-corrected chi connectivity index (χ2v) is 7.62. The van der Waals surface area contributed by atoms with Gasteiger partial charge in [-0.15, -0.1) is 0 Å². The molecular formula is C20H19ClN8O2. The molecule has 0 radical (unpaired) electrons. The summed E-state index contributed by atoms with van der Waals surface area (Å²) in [5, 5.41) is 7.02. The Bertz CT molecular complexity index is 1200. The van der Waals surface area contributed by atoms with Crippen LogP contribution in [0, 0.1) is 5.92 Å². The van der Waals surface area contributed by atoms with Gasteiger partial charge in [-0.3, -0.25) is 4.79 Å². The summed E-state index contributed by atoms with van der Waals surface area (Å²) in [7, 11) is 0. The molecule has 1 saturated heterocycles. The van der Waals surface area contributed by atoms with Crippen molar-refractivity contribution in [3.05, 3.63) is 47.8 Å². The van der Waals surface area contributed by atoms with E-state index in [4.69, 9.17) is 16.1 Å². The molecule has 0 bridgehead atoms. The van der Waals surface area contributed by atoms with Gasteiger partial charge < -0.3 is 19.7 Å². The molecule has 0 atom stereocenters. The molecule has 1 aliphatic heterocycles. The number of halogens is 1. The fourth-order valence-electron chi connectivity index (χ4n) is 3.71. The van der Waals surface area contributed by atoms with Crippen molar-refractivity contribution in [1.29, 1.82) is 0 Å². The average Bonchev–Trinajstić information content (AvgIpc) is 3.47. The Morgan fingerprint density at radius 2 is 2.00 bits per heavy atom. The van der Waals surface area contributed by atoms with Crippen LogP contribution in [0.1, 0.15) is 18.7 Å². The molecule has 31 heavy (non-hydrogen) atoms. The van der Waals surface area contributed by atoms with Gasteiger partial charge in [0.05, 0.1) is 12.9 Å². The first-order valence-corrected chi connectivity index (χ1v) is 10.3. The van der Waals surface area contributed by atoms with Crippen LogP contribution in [-0.2, 0) is 11.3 Å². The highest BCUT2D eigenvalue weighted by Gasteiger charge is 2.27. The highest BCUT2D eigenvalue weighted by Crippen LogP contribution is 2.27. The van der Waals surface area contributed by atoms with Crippen LogP contribution in [0.2, 0.25) is 5.28 Å². The lowest BCUT2D eigenvalue weighted by Gasteiger charge is -2.32. The van der Waals surface area contributed by atoms with Crippen molar-refractivity contribution in [2.75, 3.05) is 18.0 Å². The minimum absolute atomic E-state index is 0.0156. The molecule has 0 unspecified atom stereocenters. The Morgan fingerprint density at radius 1 is 1.19 bits per heavy atom. The van der Waals surface area contributed by atoms with E-state index in [2.05, 4.69) is 40.3 Å². The number of amides is 1. The van der Waals surface area contributed by atoms with E-state index in [1.165, 1.54) is 0 Å². The fraction of sp³-hybridized carbons (Fsp3) is 0.300. The third kappa shape index (κ3) is 4.06. The number of piperidine rings is 1. The van der Waals surface area contributed by atoms with Gasteiger partial charge in [-0.25, -0.2) is 4.98 Å². The quantitative estimate of drug-likeness (QED) is 0.455. The summed E-state index contributed by atoms with van der Waals surface area (Å²) in [6.07, 6.45) is 2.97. The number of aromatic amines is 1. The maximum Gasteiger partial charge on any atom is 0.257 e. The number of carbonyl (C=O) groups is 1. The lowest BCUT2D eigenvalue weighted by Crippen LogP contribution is -2.41. The highest BCUT2D eigenvalue weighted by molar-refractivity contribution is 6.28. The Morgan fingerprint density at radius 3 is 2.81 bits per heavy atom. The SMILES string of the molecule is O=C(NCc1noc(-c2ccccc2)n1)C1CCN(c2nc(Cl)nc3nc[nH]c23)CC1. The topological polar surface area (TPSA) is 126 Å². The molecule has 0 aliphatic carbocycles. The number of nitrogens with zero attached hydrogens (tertiary/aromatic N) is 6. The van der Waals surface area contributed by atoms with Crippen molar-refractivity contribution in [2.45, 2.75) is 19.4 Å². The van der Waals surface area contributed by atoms with E-state index < -0.39 is 0 Å². The van der Waals surface area contributed by atoms with Gasteiger partial charge in [-0.2, -0.15) is 15.0 Å². The van der Waals surface area contributed by atoms with Gasteiger partial charge >= 0.3 is 0 Å². The first-order valence-electron chi connectivity index (χ1n) is 9.94. The highest BCUT2D eigenvalue weighted by atomic mass is 35.5. The van der Waals surface area contributed by atoms with E-state index in [0.717, 1.165) is 11.1 Å². The van der Waals surface area contributed by atoms with E-state index in [-0.39, 0.29) is 23.7 Å². The van der Waals surface area contributed by atoms with Crippen molar-refractivity contribution >= 4 is 34.5 Å². The van der Waals surface area contributed by atoms with Crippen molar-refractivity contribution in [2.24, 2.45) is 5.92 Å². The van der Waals surface area contributed by atoms with E-state index in [1.807, 2.05) is 30.3 Å². The van der Waals surface area contributed by atoms with Crippen LogP contribution in [0.5, 0.6) is 0 Å². The minimum Gasteiger partial charge on any atom is -0.355 e. The number of anilines is 1. The van der Waals surface area contributed by atoms with Gasteiger partial charge in [0.15, 0.2) is 17.3 Å². The number of aromatic nitrogens is 6. The summed E-state index contributed by atoms with van der Waals surface area (Å²) in [5.41, 5.74) is 2.12. The number of nitrogens with one attached hydrogen (secondary N) is 2. The third-order valence-electron chi connectivity index (χ3n) is 5.31. The summed E-state index contributed by atoms with van der Waals surface area (Å²) >= 11 is 6.03. The summed E-state index contributed by atoms with van der Waals surface area (Å²) < 4.78 is 5.28. The van der Waals surface area contributed by atoms with E-state index >= 15 is 0 Å². The number of fused-ring (bicyclic) bond motifs is 1. The Kier molecular flexibility index (Phi) is 5.21. The van der Waals surface area contributed by atoms with Crippen molar-refractivity contribution in [3.8, 4) is 11.5 Å². The third-order valence-corrected chi connectivity index (χ3v) is 5.48. The molecule has 10 nitrogen and oxygen atoms in total. The van der Waals surface area contributed by atoms with Gasteiger partial charge in [0, 0.05) is 24.6 Å². The van der Waals surface area contributed by atoms with E-state index in [0.29, 0.717) is 49.1 Å². The smallest absolute Gasteiger partial charge is 0.257 e. The Hall–Kier alpha value is -3.53. The molecule has 4 aromatic rings. The molecule has 1 aromatic carbocycles. The fourth-order valence-corrected chi connectivity index (χ4v) is 3.87. The molecule has 2 N–H and O–H groups in total. The molecule has 11 heteroatoms. The van der Waals surface area contributed by atoms with Gasteiger partial charge in [0.25, 0.3) is 5.89 Å². The second kappa shape index (κ2) is 8.31. The van der Waals surface area contributed by atoms with Crippen LogP contribution >= 0.6 is 11.6 Å². The van der Waals surface area contributed by atoms with Crippen molar-refractivity contribution < 1.29 is 9.32 Å². The Balaban J connectivity index is 1.17. The molecule has 1 amide bonds. The molecule has 0 saturated carbocycles. The monoisotopic (exact) mass is 438 g/mol. The molecule has 1 aliphatic rings. The number of carbonyl (C=O) groups excluding carboxylic acids is 1. The molecule has 0 spiro atoms. The first kappa shape index (κ1) is 19.4. The van der Waals surface area contributed by atoms with Crippen LogP contribution < -0.4 is 10.2 Å². The van der Waals surface area contributed by atoms with Crippen molar-refractivity contribution in [1.82, 2.24) is 35.4 Å². The maximum atomic E-state index is 12.6. The average molecular weight is 439 g/mol. The van der Waals surface area contributed by atoms with Gasteiger partial charge in [0.1, 0.15) is 5.52 Å².